The fourth-order valence-electron chi connectivity index (χ4n) is 2.41. The molecule has 0 spiro atoms. The Morgan fingerprint density at radius 2 is 1.91 bits per heavy atom. The van der Waals surface area contributed by atoms with Crippen LogP contribution in [0.15, 0.2) is 24.3 Å². The second kappa shape index (κ2) is 6.00. The number of rotatable bonds is 2. The monoisotopic (exact) mass is 370 g/mol. The second-order valence-electron chi connectivity index (χ2n) is 4.77. The molecule has 8 heteroatoms. The minimum absolute atomic E-state index is 0.00507. The fraction of sp³-hybridized carbons (Fsp3) is 0.133. The molecule has 3 rings (SSSR count). The van der Waals surface area contributed by atoms with Crippen molar-refractivity contribution in [3.8, 4) is 0 Å². The lowest BCUT2D eigenvalue weighted by Gasteiger charge is -2.20. The lowest BCUT2D eigenvalue weighted by molar-refractivity contribution is 0.0594. The summed E-state index contributed by atoms with van der Waals surface area (Å²) in [7, 11) is 1.19. The molecule has 1 aliphatic rings. The number of aromatic nitrogens is 1. The number of carbonyl (C=O) groups excluding carboxylic acids is 2. The van der Waals surface area contributed by atoms with Gasteiger partial charge in [0, 0.05) is 5.56 Å². The molecular formula is C15H9Cl3N2O3. The van der Waals surface area contributed by atoms with E-state index in [1.54, 1.807) is 12.1 Å². The zero-order chi connectivity index (χ0) is 16.7. The van der Waals surface area contributed by atoms with Crippen LogP contribution in [0, 0.1) is 0 Å². The number of benzene rings is 1. The number of amides is 1. The number of nitrogens with zero attached hydrogens (tertiary/aromatic N) is 2. The van der Waals surface area contributed by atoms with Crippen molar-refractivity contribution in [2.45, 2.75) is 6.54 Å². The van der Waals surface area contributed by atoms with Crippen LogP contribution in [-0.2, 0) is 11.3 Å². The molecule has 0 saturated carbocycles. The lowest BCUT2D eigenvalue weighted by Crippen LogP contribution is -2.25. The third kappa shape index (κ3) is 2.55. The van der Waals surface area contributed by atoms with Crippen molar-refractivity contribution < 1.29 is 14.3 Å². The van der Waals surface area contributed by atoms with Gasteiger partial charge in [-0.1, -0.05) is 53.0 Å². The van der Waals surface area contributed by atoms with E-state index in [4.69, 9.17) is 34.8 Å². The molecule has 23 heavy (non-hydrogen) atoms. The van der Waals surface area contributed by atoms with E-state index in [9.17, 15) is 9.59 Å². The van der Waals surface area contributed by atoms with Crippen LogP contribution in [0.3, 0.4) is 0 Å². The lowest BCUT2D eigenvalue weighted by atomic mass is 10.1. The number of hydrogen-bond acceptors (Lipinski definition) is 4. The van der Waals surface area contributed by atoms with Crippen molar-refractivity contribution in [1.29, 1.82) is 0 Å². The van der Waals surface area contributed by atoms with E-state index in [0.717, 1.165) is 5.56 Å². The van der Waals surface area contributed by atoms with Crippen LogP contribution in [-0.4, -0.2) is 24.0 Å². The van der Waals surface area contributed by atoms with Crippen molar-refractivity contribution in [3.63, 3.8) is 0 Å². The van der Waals surface area contributed by atoms with Gasteiger partial charge in [0.15, 0.2) is 10.8 Å². The molecule has 5 nitrogen and oxygen atoms in total. The van der Waals surface area contributed by atoms with Gasteiger partial charge in [-0.2, -0.15) is 0 Å². The largest absolute Gasteiger partial charge is 0.464 e. The molecule has 1 aromatic carbocycles. The molecule has 0 radical (unpaired) electrons. The van der Waals surface area contributed by atoms with Gasteiger partial charge >= 0.3 is 5.97 Å². The normalized spacial score (nSPS) is 13.2. The van der Waals surface area contributed by atoms with Gasteiger partial charge in [-0.3, -0.25) is 4.79 Å². The molecule has 1 aromatic heterocycles. The van der Waals surface area contributed by atoms with Crippen molar-refractivity contribution in [3.05, 3.63) is 56.3 Å². The van der Waals surface area contributed by atoms with Crippen LogP contribution in [0.25, 0.3) is 0 Å². The van der Waals surface area contributed by atoms with Crippen LogP contribution >= 0.6 is 34.8 Å². The zero-order valence-corrected chi connectivity index (χ0v) is 14.0. The first-order valence-electron chi connectivity index (χ1n) is 6.48. The summed E-state index contributed by atoms with van der Waals surface area (Å²) in [6.07, 6.45) is 0. The Kier molecular flexibility index (Phi) is 4.19. The quantitative estimate of drug-likeness (QED) is 0.591. The number of pyridine rings is 1. The van der Waals surface area contributed by atoms with Gasteiger partial charge < -0.3 is 9.64 Å². The maximum absolute atomic E-state index is 12.6. The first-order chi connectivity index (χ1) is 11.0. The highest BCUT2D eigenvalue weighted by atomic mass is 35.5. The summed E-state index contributed by atoms with van der Waals surface area (Å²) in [6.45, 7) is 0.273. The minimum Gasteiger partial charge on any atom is -0.464 e. The van der Waals surface area contributed by atoms with E-state index in [2.05, 4.69) is 9.72 Å². The van der Waals surface area contributed by atoms with E-state index in [1.165, 1.54) is 12.0 Å². The Balaban J connectivity index is 2.16. The number of hydrogen-bond donors (Lipinski definition) is 0. The zero-order valence-electron chi connectivity index (χ0n) is 11.8. The number of carbonyl (C=O) groups is 2. The molecular weight excluding hydrogens is 363 g/mol. The predicted molar refractivity (Wildman–Crippen MR) is 87.6 cm³/mol. The average Bonchev–Trinajstić information content (AvgIpc) is 2.88. The number of methoxy groups -OCH3 is 1. The summed E-state index contributed by atoms with van der Waals surface area (Å²) in [4.78, 5) is 29.6. The number of fused-ring (bicyclic) bond motifs is 1. The molecule has 0 unspecified atom stereocenters. The predicted octanol–water partition coefficient (Wildman–Crippen LogP) is 3.99. The van der Waals surface area contributed by atoms with Crippen LogP contribution in [0.1, 0.15) is 26.4 Å². The van der Waals surface area contributed by atoms with Crippen LogP contribution < -0.4 is 4.90 Å². The van der Waals surface area contributed by atoms with Crippen molar-refractivity contribution in [2.24, 2.45) is 0 Å². The first-order valence-corrected chi connectivity index (χ1v) is 7.61. The minimum atomic E-state index is -0.765. The third-order valence-electron chi connectivity index (χ3n) is 3.48. The number of esters is 1. The van der Waals surface area contributed by atoms with Gasteiger partial charge in [0.25, 0.3) is 5.91 Å². The maximum atomic E-state index is 12.6. The van der Waals surface area contributed by atoms with Crippen LogP contribution in [0.5, 0.6) is 0 Å². The van der Waals surface area contributed by atoms with E-state index in [1.807, 2.05) is 12.1 Å². The summed E-state index contributed by atoms with van der Waals surface area (Å²) in [5.41, 5.74) is 1.33. The Bertz CT molecular complexity index is 839. The molecule has 118 valence electrons. The van der Waals surface area contributed by atoms with Crippen molar-refractivity contribution in [1.82, 2.24) is 4.98 Å². The van der Waals surface area contributed by atoms with Gasteiger partial charge in [0.2, 0.25) is 0 Å². The van der Waals surface area contributed by atoms with E-state index in [0.29, 0.717) is 5.56 Å². The van der Waals surface area contributed by atoms with Gasteiger partial charge in [-0.25, -0.2) is 9.78 Å². The van der Waals surface area contributed by atoms with Crippen LogP contribution in [0.2, 0.25) is 15.2 Å². The van der Waals surface area contributed by atoms with Crippen molar-refractivity contribution in [2.75, 3.05) is 12.0 Å². The summed E-state index contributed by atoms with van der Waals surface area (Å²) in [6, 6.07) is 7.14. The highest BCUT2D eigenvalue weighted by Gasteiger charge is 2.34. The van der Waals surface area contributed by atoms with Gasteiger partial charge in [0.05, 0.1) is 24.4 Å². The summed E-state index contributed by atoms with van der Waals surface area (Å²) >= 11 is 18.4. The van der Waals surface area contributed by atoms with E-state index >= 15 is 0 Å². The molecule has 1 amide bonds. The Morgan fingerprint density at radius 1 is 1.22 bits per heavy atom. The maximum Gasteiger partial charge on any atom is 0.358 e. The summed E-state index contributed by atoms with van der Waals surface area (Å²) in [5, 5.41) is -0.201. The molecule has 2 heterocycles. The molecule has 0 bridgehead atoms. The number of anilines is 1. The smallest absolute Gasteiger partial charge is 0.358 e. The molecule has 0 atom stereocenters. The topological polar surface area (TPSA) is 59.5 Å². The standard InChI is InChI=1S/C15H9Cl3N2O3/c1-23-15(22)11-9(16)12(10(17)13(18)19-11)20-6-7-4-2-3-5-8(7)14(20)21/h2-5H,6H2,1H3. The molecule has 2 aromatic rings. The average molecular weight is 372 g/mol. The molecule has 0 aliphatic carbocycles. The fourth-order valence-corrected chi connectivity index (χ4v) is 3.18. The SMILES string of the molecule is COC(=O)c1nc(Cl)c(Cl)c(N2Cc3ccccc3C2=O)c1Cl. The van der Waals surface area contributed by atoms with E-state index in [-0.39, 0.29) is 39.0 Å². The molecule has 0 N–H and O–H groups in total. The van der Waals surface area contributed by atoms with Gasteiger partial charge in [0.1, 0.15) is 5.02 Å². The summed E-state index contributed by atoms with van der Waals surface area (Å²) < 4.78 is 4.63. The number of ether oxygens (including phenoxy) is 1. The van der Waals surface area contributed by atoms with Gasteiger partial charge in [-0.15, -0.1) is 0 Å². The molecule has 0 saturated heterocycles. The van der Waals surface area contributed by atoms with Crippen molar-refractivity contribution >= 4 is 52.4 Å². The Hall–Kier alpha value is -1.82. The Morgan fingerprint density at radius 3 is 2.57 bits per heavy atom. The third-order valence-corrected chi connectivity index (χ3v) is 4.57. The molecule has 1 aliphatic heterocycles. The first kappa shape index (κ1) is 16.1. The van der Waals surface area contributed by atoms with E-state index < -0.39 is 5.97 Å². The number of halogens is 3. The van der Waals surface area contributed by atoms with Crippen LogP contribution in [0.4, 0.5) is 5.69 Å². The highest BCUT2D eigenvalue weighted by Crippen LogP contribution is 2.42. The highest BCUT2D eigenvalue weighted by molar-refractivity contribution is 6.47. The second-order valence-corrected chi connectivity index (χ2v) is 5.88. The molecule has 0 fully saturated rings. The Labute approximate surface area is 146 Å². The summed E-state index contributed by atoms with van der Waals surface area (Å²) in [5.74, 6) is -1.04. The van der Waals surface area contributed by atoms with Gasteiger partial charge in [-0.05, 0) is 11.6 Å².